The van der Waals surface area contributed by atoms with Crippen molar-refractivity contribution in [1.82, 2.24) is 5.32 Å². The molecule has 0 radical (unpaired) electrons. The minimum atomic E-state index is -1.37. The van der Waals surface area contributed by atoms with Crippen LogP contribution < -0.4 is 15.2 Å². The molecule has 0 saturated carbocycles. The third-order valence-electron chi connectivity index (χ3n) is 2.25. The normalized spacial score (nSPS) is 16.4. The molecule has 0 aromatic heterocycles. The lowest BCUT2D eigenvalue weighted by atomic mass is 10.2. The first-order valence-electron chi connectivity index (χ1n) is 5.33. The lowest BCUT2D eigenvalue weighted by molar-refractivity contribution is -0.307. The molecule has 0 atom stereocenters. The quantitative estimate of drug-likeness (QED) is 0.826. The second kappa shape index (κ2) is 5.98. The fraction of sp³-hybridized carbons (Fsp3) is 0.0833. The van der Waals surface area contributed by atoms with E-state index < -0.39 is 23.7 Å². The van der Waals surface area contributed by atoms with Crippen molar-refractivity contribution in [2.24, 2.45) is 0 Å². The number of imide groups is 1. The van der Waals surface area contributed by atoms with Gasteiger partial charge in [-0.3, -0.25) is 14.9 Å². The standard InChI is InChI=1S/C12H8ClNO5S/c13-7-1-2-8(19-5-10(15)16)6(3-7)4-9-11(17)14-12(18)20-9/h1-4H,5H2,(H,15,16)(H,14,17,18)/p-1/b9-4-. The number of nitrogens with one attached hydrogen (secondary N) is 1. The van der Waals surface area contributed by atoms with Crippen LogP contribution in [0, 0.1) is 0 Å². The second-order valence-electron chi connectivity index (χ2n) is 3.70. The van der Waals surface area contributed by atoms with Gasteiger partial charge in [-0.15, -0.1) is 0 Å². The molecule has 104 valence electrons. The van der Waals surface area contributed by atoms with Gasteiger partial charge in [0, 0.05) is 10.6 Å². The van der Waals surface area contributed by atoms with E-state index in [1.807, 2.05) is 0 Å². The third kappa shape index (κ3) is 3.52. The predicted octanol–water partition coefficient (Wildman–Crippen LogP) is 0.793. The molecule has 0 aliphatic carbocycles. The Labute approximate surface area is 122 Å². The first-order valence-corrected chi connectivity index (χ1v) is 6.52. The number of amides is 2. The molecule has 20 heavy (non-hydrogen) atoms. The lowest BCUT2D eigenvalue weighted by Crippen LogP contribution is -2.29. The molecule has 1 heterocycles. The van der Waals surface area contributed by atoms with Crippen molar-refractivity contribution in [2.45, 2.75) is 0 Å². The number of ether oxygens (including phenoxy) is 1. The zero-order valence-electron chi connectivity index (χ0n) is 9.84. The Morgan fingerprint density at radius 1 is 1.45 bits per heavy atom. The van der Waals surface area contributed by atoms with Gasteiger partial charge in [-0.25, -0.2) is 0 Å². The maximum atomic E-state index is 11.5. The van der Waals surface area contributed by atoms with Crippen LogP contribution in [0.3, 0.4) is 0 Å². The summed E-state index contributed by atoms with van der Waals surface area (Å²) in [6, 6.07) is 4.48. The molecule has 2 amide bonds. The zero-order chi connectivity index (χ0) is 14.7. The Bertz CT molecular complexity index is 628. The Morgan fingerprint density at radius 3 is 2.80 bits per heavy atom. The molecule has 2 rings (SSSR count). The molecule has 0 bridgehead atoms. The third-order valence-corrected chi connectivity index (χ3v) is 3.29. The van der Waals surface area contributed by atoms with Crippen LogP contribution >= 0.6 is 23.4 Å². The molecule has 0 unspecified atom stereocenters. The highest BCUT2D eigenvalue weighted by Gasteiger charge is 2.25. The van der Waals surface area contributed by atoms with Crippen LogP contribution in [0.25, 0.3) is 6.08 Å². The summed E-state index contributed by atoms with van der Waals surface area (Å²) in [5, 5.41) is 12.4. The van der Waals surface area contributed by atoms with Crippen LogP contribution in [0.1, 0.15) is 5.56 Å². The summed E-state index contributed by atoms with van der Waals surface area (Å²) in [4.78, 5) is 33.1. The molecule has 0 spiro atoms. The molecule has 1 saturated heterocycles. The number of carboxylic acid groups (broad SMARTS) is 1. The summed E-state index contributed by atoms with van der Waals surface area (Å²) >= 11 is 6.58. The van der Waals surface area contributed by atoms with Gasteiger partial charge in [0.2, 0.25) is 0 Å². The number of hydrogen-bond donors (Lipinski definition) is 1. The van der Waals surface area contributed by atoms with Crippen molar-refractivity contribution in [3.05, 3.63) is 33.7 Å². The molecule has 1 aliphatic rings. The van der Waals surface area contributed by atoms with E-state index in [-0.39, 0.29) is 10.7 Å². The summed E-state index contributed by atoms with van der Waals surface area (Å²) in [7, 11) is 0. The van der Waals surface area contributed by atoms with Crippen molar-refractivity contribution >= 4 is 46.6 Å². The van der Waals surface area contributed by atoms with Crippen LogP contribution in [-0.2, 0) is 9.59 Å². The summed E-state index contributed by atoms with van der Waals surface area (Å²) in [6.07, 6.45) is 1.40. The van der Waals surface area contributed by atoms with Crippen molar-refractivity contribution in [2.75, 3.05) is 6.61 Å². The summed E-state index contributed by atoms with van der Waals surface area (Å²) < 4.78 is 5.03. The van der Waals surface area contributed by atoms with Crippen LogP contribution in [0.15, 0.2) is 23.1 Å². The van der Waals surface area contributed by atoms with Crippen LogP contribution in [0.4, 0.5) is 4.79 Å². The van der Waals surface area contributed by atoms with Gasteiger partial charge in [0.1, 0.15) is 12.4 Å². The van der Waals surface area contributed by atoms with Crippen molar-refractivity contribution in [3.63, 3.8) is 0 Å². The Balaban J connectivity index is 2.32. The van der Waals surface area contributed by atoms with E-state index in [1.165, 1.54) is 24.3 Å². The number of halogens is 1. The molecule has 6 nitrogen and oxygen atoms in total. The molecule has 1 N–H and O–H groups in total. The smallest absolute Gasteiger partial charge is 0.290 e. The fourth-order valence-corrected chi connectivity index (χ4v) is 2.32. The molecule has 1 fully saturated rings. The Morgan fingerprint density at radius 2 is 2.20 bits per heavy atom. The highest BCUT2D eigenvalue weighted by atomic mass is 35.5. The molecular formula is C12H7ClNO5S-. The lowest BCUT2D eigenvalue weighted by Gasteiger charge is -2.10. The zero-order valence-corrected chi connectivity index (χ0v) is 11.4. The monoisotopic (exact) mass is 312 g/mol. The van der Waals surface area contributed by atoms with Gasteiger partial charge in [0.05, 0.1) is 10.9 Å². The summed E-state index contributed by atoms with van der Waals surface area (Å²) in [5.41, 5.74) is 0.395. The van der Waals surface area contributed by atoms with Gasteiger partial charge in [0.25, 0.3) is 11.1 Å². The van der Waals surface area contributed by atoms with Gasteiger partial charge >= 0.3 is 0 Å². The minimum absolute atomic E-state index is 0.176. The van der Waals surface area contributed by atoms with E-state index in [0.29, 0.717) is 10.6 Å². The number of benzene rings is 1. The minimum Gasteiger partial charge on any atom is -0.546 e. The largest absolute Gasteiger partial charge is 0.546 e. The molecule has 1 aliphatic heterocycles. The van der Waals surface area contributed by atoms with E-state index in [4.69, 9.17) is 16.3 Å². The first-order chi connectivity index (χ1) is 9.45. The highest BCUT2D eigenvalue weighted by Crippen LogP contribution is 2.30. The van der Waals surface area contributed by atoms with E-state index in [1.54, 1.807) is 0 Å². The van der Waals surface area contributed by atoms with Gasteiger partial charge in [-0.2, -0.15) is 0 Å². The molecule has 1 aromatic rings. The number of carboxylic acids is 1. The van der Waals surface area contributed by atoms with Crippen molar-refractivity contribution in [1.29, 1.82) is 0 Å². The number of carbonyl (C=O) groups is 3. The fourth-order valence-electron chi connectivity index (χ4n) is 1.46. The van der Waals surface area contributed by atoms with Crippen molar-refractivity contribution < 1.29 is 24.2 Å². The Hall–Kier alpha value is -1.99. The summed E-state index contributed by atoms with van der Waals surface area (Å²) in [6.45, 7) is -0.629. The van der Waals surface area contributed by atoms with Gasteiger partial charge in [0.15, 0.2) is 0 Å². The maximum Gasteiger partial charge on any atom is 0.290 e. The average molecular weight is 313 g/mol. The number of hydrogen-bond acceptors (Lipinski definition) is 6. The number of rotatable bonds is 4. The number of carbonyl (C=O) groups excluding carboxylic acids is 3. The van der Waals surface area contributed by atoms with Gasteiger partial charge in [-0.1, -0.05) is 11.6 Å². The van der Waals surface area contributed by atoms with E-state index >= 15 is 0 Å². The van der Waals surface area contributed by atoms with E-state index in [9.17, 15) is 19.5 Å². The first kappa shape index (κ1) is 14.4. The second-order valence-corrected chi connectivity index (χ2v) is 5.15. The predicted molar refractivity (Wildman–Crippen MR) is 71.1 cm³/mol. The topological polar surface area (TPSA) is 95.5 Å². The Kier molecular flexibility index (Phi) is 4.31. The van der Waals surface area contributed by atoms with Gasteiger partial charge in [-0.05, 0) is 36.0 Å². The van der Waals surface area contributed by atoms with Crippen LogP contribution in [0.5, 0.6) is 5.75 Å². The average Bonchev–Trinajstić information content (AvgIpc) is 2.66. The number of aliphatic carboxylic acids is 1. The van der Waals surface area contributed by atoms with Crippen LogP contribution in [-0.4, -0.2) is 23.7 Å². The van der Waals surface area contributed by atoms with Crippen LogP contribution in [0.2, 0.25) is 5.02 Å². The summed E-state index contributed by atoms with van der Waals surface area (Å²) in [5.74, 6) is -1.67. The van der Waals surface area contributed by atoms with E-state index in [2.05, 4.69) is 5.32 Å². The van der Waals surface area contributed by atoms with Crippen molar-refractivity contribution in [3.8, 4) is 5.75 Å². The molecule has 1 aromatic carbocycles. The maximum absolute atomic E-state index is 11.5. The highest BCUT2D eigenvalue weighted by molar-refractivity contribution is 8.18. The van der Waals surface area contributed by atoms with Gasteiger partial charge < -0.3 is 14.6 Å². The van der Waals surface area contributed by atoms with E-state index in [0.717, 1.165) is 11.8 Å². The molecular weight excluding hydrogens is 306 g/mol. The number of thioether (sulfide) groups is 1. The molecule has 8 heteroatoms. The SMILES string of the molecule is O=C([O-])COc1ccc(Cl)cc1/C=C1\SC(=O)NC1=O.